The van der Waals surface area contributed by atoms with Crippen LogP contribution in [0.3, 0.4) is 0 Å². The van der Waals surface area contributed by atoms with Gasteiger partial charge in [0.05, 0.1) is 18.0 Å². The molecule has 0 spiro atoms. The van der Waals surface area contributed by atoms with Gasteiger partial charge in [0.25, 0.3) is 5.91 Å². The van der Waals surface area contributed by atoms with Crippen molar-refractivity contribution in [3.8, 4) is 0 Å². The van der Waals surface area contributed by atoms with Crippen molar-refractivity contribution in [3.05, 3.63) is 30.1 Å². The first kappa shape index (κ1) is 21.2. The zero-order chi connectivity index (χ0) is 19.0. The number of hydrogen-bond acceptors (Lipinski definition) is 5. The lowest BCUT2D eigenvalue weighted by Gasteiger charge is -2.19. The molecule has 0 aliphatic carbocycles. The molecule has 0 fully saturated rings. The van der Waals surface area contributed by atoms with Crippen LogP contribution in [0, 0.1) is 5.82 Å². The molecule has 0 heterocycles. The van der Waals surface area contributed by atoms with Crippen LogP contribution in [-0.2, 0) is 19.6 Å². The number of likely N-dealkylation sites (N-methyl/N-ethyl adjacent to an activating group) is 1. The number of carbonyl (C=O) groups excluding carboxylic acids is 1. The van der Waals surface area contributed by atoms with Gasteiger partial charge in [0.1, 0.15) is 5.82 Å². The van der Waals surface area contributed by atoms with Gasteiger partial charge in [0.2, 0.25) is 10.0 Å². The molecule has 0 aliphatic rings. The van der Waals surface area contributed by atoms with Crippen molar-refractivity contribution in [2.45, 2.75) is 17.9 Å². The number of thiocarbonyl (C=S) groups is 1. The van der Waals surface area contributed by atoms with Crippen molar-refractivity contribution in [3.63, 3.8) is 0 Å². The number of carbonyl (C=O) groups is 1. The number of nitrogens with one attached hydrogen (secondary N) is 3. The minimum atomic E-state index is -3.90. The number of rotatable bonds is 7. The molecule has 8 nitrogen and oxygen atoms in total. The van der Waals surface area contributed by atoms with Gasteiger partial charge in [0, 0.05) is 20.2 Å². The Morgan fingerprint density at radius 1 is 1.32 bits per heavy atom. The van der Waals surface area contributed by atoms with E-state index in [4.69, 9.17) is 17.0 Å². The first-order valence-electron chi connectivity index (χ1n) is 7.23. The molecule has 0 radical (unpaired) electrons. The second-order valence-corrected chi connectivity index (χ2v) is 7.67. The Morgan fingerprint density at radius 2 is 1.92 bits per heavy atom. The quantitative estimate of drug-likeness (QED) is 0.443. The molecule has 0 aromatic heterocycles. The Bertz CT molecular complexity index is 697. The monoisotopic (exact) mass is 392 g/mol. The van der Waals surface area contributed by atoms with E-state index in [2.05, 4.69) is 16.2 Å². The smallest absolute Gasteiger partial charge is 0.253 e. The zero-order valence-corrected chi connectivity index (χ0v) is 15.7. The van der Waals surface area contributed by atoms with Crippen LogP contribution in [0.4, 0.5) is 4.39 Å². The third-order valence-electron chi connectivity index (χ3n) is 3.00. The molecule has 0 saturated carbocycles. The van der Waals surface area contributed by atoms with Gasteiger partial charge in [-0.2, -0.15) is 4.31 Å². The third kappa shape index (κ3) is 6.90. The van der Waals surface area contributed by atoms with E-state index in [1.807, 2.05) is 6.92 Å². The van der Waals surface area contributed by atoms with Crippen LogP contribution in [0.15, 0.2) is 29.2 Å². The molecule has 0 bridgehead atoms. The standard InChI is InChI=1S/C14H21FN4O4S2/c1-10(9-23-3)16-14(24)18-17-13(20)8-19(2)25(21,22)12-6-4-11(15)5-7-12/h4-7,10H,8-9H2,1-3H3,(H,17,20)(H2,16,18,24)/t10-/m1/s1. The van der Waals surface area contributed by atoms with Gasteiger partial charge >= 0.3 is 0 Å². The highest BCUT2D eigenvalue weighted by atomic mass is 32.2. The summed E-state index contributed by atoms with van der Waals surface area (Å²) in [6, 6.07) is 4.27. The Kier molecular flexibility index (Phi) is 8.16. The van der Waals surface area contributed by atoms with Crippen molar-refractivity contribution in [1.29, 1.82) is 0 Å². The summed E-state index contributed by atoms with van der Waals surface area (Å²) in [5.41, 5.74) is 4.76. The van der Waals surface area contributed by atoms with Crippen molar-refractivity contribution < 1.29 is 22.3 Å². The van der Waals surface area contributed by atoms with Gasteiger partial charge in [-0.3, -0.25) is 15.6 Å². The van der Waals surface area contributed by atoms with E-state index in [-0.39, 0.29) is 16.0 Å². The summed E-state index contributed by atoms with van der Waals surface area (Å²) in [7, 11) is -1.11. The van der Waals surface area contributed by atoms with Crippen LogP contribution in [0.1, 0.15) is 6.92 Å². The number of benzene rings is 1. The van der Waals surface area contributed by atoms with E-state index >= 15 is 0 Å². The summed E-state index contributed by atoms with van der Waals surface area (Å²) < 4.78 is 43.2. The number of ether oxygens (including phenoxy) is 1. The van der Waals surface area contributed by atoms with Gasteiger partial charge in [-0.25, -0.2) is 12.8 Å². The topological polar surface area (TPSA) is 99.8 Å². The summed E-state index contributed by atoms with van der Waals surface area (Å²) in [5.74, 6) is -1.16. The first-order valence-corrected chi connectivity index (χ1v) is 9.08. The molecule has 0 unspecified atom stereocenters. The molecule has 0 saturated heterocycles. The summed E-state index contributed by atoms with van der Waals surface area (Å²) in [6.45, 7) is 1.82. The number of amides is 1. The molecule has 140 valence electrons. The van der Waals surface area contributed by atoms with Crippen LogP contribution in [-0.4, -0.2) is 57.1 Å². The molecule has 3 N–H and O–H groups in total. The maximum Gasteiger partial charge on any atom is 0.253 e. The van der Waals surface area contributed by atoms with Crippen molar-refractivity contribution in [1.82, 2.24) is 20.5 Å². The highest BCUT2D eigenvalue weighted by Gasteiger charge is 2.23. The molecule has 25 heavy (non-hydrogen) atoms. The maximum absolute atomic E-state index is 12.9. The summed E-state index contributed by atoms with van der Waals surface area (Å²) in [6.07, 6.45) is 0. The molecule has 1 aromatic carbocycles. The van der Waals surface area contributed by atoms with Gasteiger partial charge in [-0.05, 0) is 43.4 Å². The van der Waals surface area contributed by atoms with Crippen molar-refractivity contribution in [2.75, 3.05) is 27.3 Å². The van der Waals surface area contributed by atoms with E-state index in [1.165, 1.54) is 7.05 Å². The average molecular weight is 392 g/mol. The molecule has 1 rings (SSSR count). The lowest BCUT2D eigenvalue weighted by molar-refractivity contribution is -0.121. The Hall–Kier alpha value is -1.82. The second kappa shape index (κ2) is 9.61. The second-order valence-electron chi connectivity index (χ2n) is 5.22. The lowest BCUT2D eigenvalue weighted by Crippen LogP contribution is -2.52. The van der Waals surface area contributed by atoms with Crippen molar-refractivity contribution in [2.24, 2.45) is 0 Å². The van der Waals surface area contributed by atoms with E-state index in [9.17, 15) is 17.6 Å². The minimum Gasteiger partial charge on any atom is -0.383 e. The van der Waals surface area contributed by atoms with Gasteiger partial charge < -0.3 is 10.1 Å². The third-order valence-corrected chi connectivity index (χ3v) is 5.04. The molecule has 1 aromatic rings. The van der Waals surface area contributed by atoms with Crippen molar-refractivity contribution >= 4 is 33.3 Å². The van der Waals surface area contributed by atoms with E-state index in [0.717, 1.165) is 28.6 Å². The summed E-state index contributed by atoms with van der Waals surface area (Å²) in [5, 5.41) is 3.03. The van der Waals surface area contributed by atoms with E-state index < -0.39 is 28.3 Å². The Balaban J connectivity index is 2.53. The normalized spacial score (nSPS) is 12.5. The van der Waals surface area contributed by atoms with Crippen LogP contribution in [0.2, 0.25) is 0 Å². The Morgan fingerprint density at radius 3 is 2.48 bits per heavy atom. The van der Waals surface area contributed by atoms with Crippen LogP contribution < -0.4 is 16.2 Å². The highest BCUT2D eigenvalue weighted by molar-refractivity contribution is 7.89. The van der Waals surface area contributed by atoms with Crippen LogP contribution in [0.5, 0.6) is 0 Å². The lowest BCUT2D eigenvalue weighted by atomic mass is 10.4. The Labute approximate surface area is 151 Å². The maximum atomic E-state index is 12.9. The fourth-order valence-electron chi connectivity index (χ4n) is 1.79. The van der Waals surface area contributed by atoms with Gasteiger partial charge in [-0.1, -0.05) is 0 Å². The number of sulfonamides is 1. The predicted molar refractivity (Wildman–Crippen MR) is 94.6 cm³/mol. The molecular formula is C14H21FN4O4S2. The van der Waals surface area contributed by atoms with Crippen LogP contribution in [0.25, 0.3) is 0 Å². The molecule has 1 atom stereocenters. The first-order chi connectivity index (χ1) is 11.7. The fourth-order valence-corrected chi connectivity index (χ4v) is 3.17. The molecular weight excluding hydrogens is 371 g/mol. The minimum absolute atomic E-state index is 0.0663. The van der Waals surface area contributed by atoms with Gasteiger partial charge in [0.15, 0.2) is 5.11 Å². The number of methoxy groups -OCH3 is 1. The highest BCUT2D eigenvalue weighted by Crippen LogP contribution is 2.14. The molecule has 1 amide bonds. The van der Waals surface area contributed by atoms with Gasteiger partial charge in [-0.15, -0.1) is 0 Å². The summed E-state index contributed by atoms with van der Waals surface area (Å²) in [4.78, 5) is 11.7. The number of halogens is 1. The number of nitrogens with zero attached hydrogens (tertiary/aromatic N) is 1. The zero-order valence-electron chi connectivity index (χ0n) is 14.1. The molecule has 0 aliphatic heterocycles. The molecule has 11 heteroatoms. The predicted octanol–water partition coefficient (Wildman–Crippen LogP) is -0.0236. The average Bonchev–Trinajstić information content (AvgIpc) is 2.53. The number of hydrogen-bond donors (Lipinski definition) is 3. The van der Waals surface area contributed by atoms with E-state index in [1.54, 1.807) is 7.11 Å². The largest absolute Gasteiger partial charge is 0.383 e. The van der Waals surface area contributed by atoms with Crippen LogP contribution >= 0.6 is 12.2 Å². The SMILES string of the molecule is COC[C@@H](C)NC(=S)NNC(=O)CN(C)S(=O)(=O)c1ccc(F)cc1. The van der Waals surface area contributed by atoms with E-state index in [0.29, 0.717) is 6.61 Å². The summed E-state index contributed by atoms with van der Waals surface area (Å²) >= 11 is 4.98. The fraction of sp³-hybridized carbons (Fsp3) is 0.429. The number of hydrazine groups is 1.